The first-order valence-electron chi connectivity index (χ1n) is 9.10. The van der Waals surface area contributed by atoms with Gasteiger partial charge in [-0.15, -0.1) is 0 Å². The molecule has 1 amide bonds. The zero-order chi connectivity index (χ0) is 17.6. The Morgan fingerprint density at radius 1 is 1.28 bits per heavy atom. The summed E-state index contributed by atoms with van der Waals surface area (Å²) in [6, 6.07) is 7.37. The van der Waals surface area contributed by atoms with Crippen molar-refractivity contribution in [3.63, 3.8) is 0 Å². The molecule has 2 aromatic rings. The minimum Gasteiger partial charge on any atom is -0.378 e. The monoisotopic (exact) mass is 360 g/mol. The van der Waals surface area contributed by atoms with Gasteiger partial charge >= 0.3 is 0 Å². The molecule has 25 heavy (non-hydrogen) atoms. The lowest BCUT2D eigenvalue weighted by molar-refractivity contribution is 0.0273. The van der Waals surface area contributed by atoms with Gasteiger partial charge in [0.25, 0.3) is 5.91 Å². The molecule has 0 saturated heterocycles. The normalized spacial score (nSPS) is 15.4. The van der Waals surface area contributed by atoms with Gasteiger partial charge in [-0.2, -0.15) is 0 Å². The predicted molar refractivity (Wildman–Crippen MR) is 101 cm³/mol. The smallest absolute Gasteiger partial charge is 0.253 e. The number of amides is 1. The molecular weight excluding hydrogens is 336 g/mol. The summed E-state index contributed by atoms with van der Waals surface area (Å²) in [5, 5.41) is 4.49. The van der Waals surface area contributed by atoms with E-state index in [2.05, 4.69) is 10.3 Å². The van der Waals surface area contributed by atoms with Crippen molar-refractivity contribution in [3.05, 3.63) is 40.5 Å². The minimum atomic E-state index is -0.0930. The van der Waals surface area contributed by atoms with Gasteiger partial charge in [0, 0.05) is 23.6 Å². The van der Waals surface area contributed by atoms with Gasteiger partial charge in [0.2, 0.25) is 0 Å². The summed E-state index contributed by atoms with van der Waals surface area (Å²) in [6.07, 6.45) is 7.49. The second-order valence-electron chi connectivity index (χ2n) is 6.70. The van der Waals surface area contributed by atoms with Crippen molar-refractivity contribution in [1.82, 2.24) is 10.3 Å². The highest BCUT2D eigenvalue weighted by Gasteiger charge is 2.14. The van der Waals surface area contributed by atoms with Crippen molar-refractivity contribution in [2.24, 2.45) is 0 Å². The van der Waals surface area contributed by atoms with Gasteiger partial charge in [0.05, 0.1) is 22.9 Å². The standard InChI is InChI=1S/C20H25ClN2O2/c1-14-18(13-15-12-16(21)8-9-19(15)23-14)20(24)22-10-5-11-25-17-6-3-2-4-7-17/h8-9,12-13,17H,2-7,10-11H2,1H3,(H,22,24). The Morgan fingerprint density at radius 2 is 2.08 bits per heavy atom. The zero-order valence-electron chi connectivity index (χ0n) is 14.7. The molecule has 1 aromatic carbocycles. The van der Waals surface area contributed by atoms with Gasteiger partial charge in [0.15, 0.2) is 0 Å². The number of halogens is 1. The fraction of sp³-hybridized carbons (Fsp3) is 0.500. The maximum absolute atomic E-state index is 12.4. The molecule has 4 nitrogen and oxygen atoms in total. The van der Waals surface area contributed by atoms with Gasteiger partial charge in [-0.25, -0.2) is 0 Å². The average Bonchev–Trinajstić information content (AvgIpc) is 2.62. The van der Waals surface area contributed by atoms with Crippen molar-refractivity contribution in [2.75, 3.05) is 13.2 Å². The van der Waals surface area contributed by atoms with Crippen LogP contribution in [0.4, 0.5) is 0 Å². The first-order valence-corrected chi connectivity index (χ1v) is 9.48. The second kappa shape index (κ2) is 8.63. The summed E-state index contributed by atoms with van der Waals surface area (Å²) in [4.78, 5) is 16.9. The van der Waals surface area contributed by atoms with E-state index < -0.39 is 0 Å². The topological polar surface area (TPSA) is 51.2 Å². The van der Waals surface area contributed by atoms with Crippen molar-refractivity contribution < 1.29 is 9.53 Å². The number of nitrogens with one attached hydrogen (secondary N) is 1. The number of pyridine rings is 1. The van der Waals surface area contributed by atoms with Crippen molar-refractivity contribution in [3.8, 4) is 0 Å². The van der Waals surface area contributed by atoms with Crippen LogP contribution in [0, 0.1) is 6.92 Å². The summed E-state index contributed by atoms with van der Waals surface area (Å²) in [5.74, 6) is -0.0930. The number of carbonyl (C=O) groups is 1. The second-order valence-corrected chi connectivity index (χ2v) is 7.14. The number of fused-ring (bicyclic) bond motifs is 1. The number of rotatable bonds is 6. The third kappa shape index (κ3) is 4.93. The van der Waals surface area contributed by atoms with E-state index in [1.807, 2.05) is 31.2 Å². The van der Waals surface area contributed by atoms with Gasteiger partial charge < -0.3 is 10.1 Å². The van der Waals surface area contributed by atoms with Crippen LogP contribution in [0.15, 0.2) is 24.3 Å². The average molecular weight is 361 g/mol. The van der Waals surface area contributed by atoms with E-state index in [1.165, 1.54) is 32.1 Å². The Bertz CT molecular complexity index is 742. The Kier molecular flexibility index (Phi) is 6.27. The first kappa shape index (κ1) is 18.2. The van der Waals surface area contributed by atoms with Crippen LogP contribution < -0.4 is 5.32 Å². The molecule has 1 heterocycles. The van der Waals surface area contributed by atoms with Crippen molar-refractivity contribution in [2.45, 2.75) is 51.6 Å². The molecule has 1 saturated carbocycles. The molecule has 0 aliphatic heterocycles. The number of benzene rings is 1. The Morgan fingerprint density at radius 3 is 2.88 bits per heavy atom. The van der Waals surface area contributed by atoms with Gasteiger partial charge in [-0.05, 0) is 50.5 Å². The Labute approximate surface area is 153 Å². The molecule has 0 bridgehead atoms. The molecule has 0 radical (unpaired) electrons. The summed E-state index contributed by atoms with van der Waals surface area (Å²) in [5.41, 5.74) is 2.17. The maximum Gasteiger partial charge on any atom is 0.253 e. The fourth-order valence-corrected chi connectivity index (χ4v) is 3.51. The molecular formula is C20H25ClN2O2. The molecule has 1 aliphatic rings. The van der Waals surface area contributed by atoms with E-state index >= 15 is 0 Å². The number of nitrogens with zero attached hydrogens (tertiary/aromatic N) is 1. The number of carbonyl (C=O) groups excluding carboxylic acids is 1. The van der Waals surface area contributed by atoms with E-state index in [9.17, 15) is 4.79 Å². The maximum atomic E-state index is 12.4. The molecule has 5 heteroatoms. The van der Waals surface area contributed by atoms with Crippen LogP contribution in [0.25, 0.3) is 10.9 Å². The highest BCUT2D eigenvalue weighted by atomic mass is 35.5. The number of hydrogen-bond donors (Lipinski definition) is 1. The Balaban J connectivity index is 1.50. The lowest BCUT2D eigenvalue weighted by Crippen LogP contribution is -2.27. The van der Waals surface area contributed by atoms with Gasteiger partial charge in [-0.3, -0.25) is 9.78 Å². The van der Waals surface area contributed by atoms with Crippen LogP contribution in [0.1, 0.15) is 54.6 Å². The van der Waals surface area contributed by atoms with Crippen LogP contribution in [0.5, 0.6) is 0 Å². The lowest BCUT2D eigenvalue weighted by atomic mass is 9.98. The summed E-state index contributed by atoms with van der Waals surface area (Å²) < 4.78 is 5.89. The third-order valence-corrected chi connectivity index (χ3v) is 4.96. The van der Waals surface area contributed by atoms with Crippen LogP contribution in [0.2, 0.25) is 5.02 Å². The molecule has 1 fully saturated rings. The van der Waals surface area contributed by atoms with E-state index in [0.29, 0.717) is 29.8 Å². The molecule has 0 spiro atoms. The van der Waals surface area contributed by atoms with Gasteiger partial charge in [-0.1, -0.05) is 30.9 Å². The summed E-state index contributed by atoms with van der Waals surface area (Å²) >= 11 is 6.03. The highest BCUT2D eigenvalue weighted by molar-refractivity contribution is 6.31. The van der Waals surface area contributed by atoms with Gasteiger partial charge in [0.1, 0.15) is 0 Å². The molecule has 1 N–H and O–H groups in total. The van der Waals surface area contributed by atoms with E-state index in [-0.39, 0.29) is 5.91 Å². The molecule has 1 aromatic heterocycles. The number of hydrogen-bond acceptors (Lipinski definition) is 3. The third-order valence-electron chi connectivity index (χ3n) is 4.72. The summed E-state index contributed by atoms with van der Waals surface area (Å²) in [7, 11) is 0. The SMILES string of the molecule is Cc1nc2ccc(Cl)cc2cc1C(=O)NCCCOC1CCCCC1. The number of ether oxygens (including phenoxy) is 1. The minimum absolute atomic E-state index is 0.0930. The molecule has 0 unspecified atom stereocenters. The summed E-state index contributed by atoms with van der Waals surface area (Å²) in [6.45, 7) is 3.17. The molecule has 134 valence electrons. The molecule has 0 atom stereocenters. The van der Waals surface area contributed by atoms with Crippen LogP contribution in [-0.4, -0.2) is 30.1 Å². The van der Waals surface area contributed by atoms with Crippen LogP contribution in [0.3, 0.4) is 0 Å². The number of aryl methyl sites for hydroxylation is 1. The van der Waals surface area contributed by atoms with E-state index in [1.54, 1.807) is 0 Å². The van der Waals surface area contributed by atoms with Crippen molar-refractivity contribution in [1.29, 1.82) is 0 Å². The number of aromatic nitrogens is 1. The fourth-order valence-electron chi connectivity index (χ4n) is 3.32. The predicted octanol–water partition coefficient (Wildman–Crippen LogP) is 4.67. The van der Waals surface area contributed by atoms with Crippen LogP contribution >= 0.6 is 11.6 Å². The first-order chi connectivity index (χ1) is 12.1. The quantitative estimate of drug-likeness (QED) is 0.762. The molecule has 3 rings (SSSR count). The van der Waals surface area contributed by atoms with E-state index in [4.69, 9.17) is 16.3 Å². The lowest BCUT2D eigenvalue weighted by Gasteiger charge is -2.21. The highest BCUT2D eigenvalue weighted by Crippen LogP contribution is 2.21. The Hall–Kier alpha value is -1.65. The van der Waals surface area contributed by atoms with Crippen LogP contribution in [-0.2, 0) is 4.74 Å². The van der Waals surface area contributed by atoms with E-state index in [0.717, 1.165) is 23.0 Å². The zero-order valence-corrected chi connectivity index (χ0v) is 15.4. The van der Waals surface area contributed by atoms with Crippen molar-refractivity contribution >= 4 is 28.4 Å². The molecule has 1 aliphatic carbocycles. The largest absolute Gasteiger partial charge is 0.378 e.